The minimum atomic E-state index is -11.2. The van der Waals surface area contributed by atoms with E-state index in [4.69, 9.17) is 17.5 Å². The summed E-state index contributed by atoms with van der Waals surface area (Å²) in [6, 6.07) is 0. The van der Waals surface area contributed by atoms with E-state index in [0.29, 0.717) is 0 Å². The Morgan fingerprint density at radius 2 is 0.833 bits per heavy atom. The van der Waals surface area contributed by atoms with Gasteiger partial charge in [0.05, 0.1) is 0 Å². The third-order valence-electron chi connectivity index (χ3n) is 0. The van der Waals surface area contributed by atoms with Gasteiger partial charge in [-0.25, -0.2) is 0 Å². The van der Waals surface area contributed by atoms with Gasteiger partial charge in [-0.05, 0) is 0 Å². The van der Waals surface area contributed by atoms with Gasteiger partial charge in [-0.2, -0.15) is 8.42 Å². The Balaban J connectivity index is 0. The molecule has 0 aliphatic rings. The molecule has 0 bridgehead atoms. The van der Waals surface area contributed by atoms with Crippen molar-refractivity contribution in [1.29, 1.82) is 0 Å². The molecule has 0 radical (unpaired) electrons. The van der Waals surface area contributed by atoms with Crippen LogP contribution >= 0.6 is 0 Å². The molecule has 0 heterocycles. The molecular formula is H2F6O4SSb-. The Bertz CT molecular complexity index is 221. The van der Waals surface area contributed by atoms with Gasteiger partial charge in [0.2, 0.25) is 0 Å². The van der Waals surface area contributed by atoms with Crippen molar-refractivity contribution in [2.24, 2.45) is 0 Å². The average Bonchev–Trinajstić information content (AvgIpc) is 1.04. The molecule has 12 heteroatoms. The first kappa shape index (κ1) is 14.8. The Morgan fingerprint density at radius 1 is 0.833 bits per heavy atom. The average molecular weight is 334 g/mol. The first-order valence-electron chi connectivity index (χ1n) is 1.71. The summed E-state index contributed by atoms with van der Waals surface area (Å²) >= 11 is -11.2. The Hall–Kier alpha value is 0.268. The van der Waals surface area contributed by atoms with Gasteiger partial charge in [0, 0.05) is 0 Å². The summed E-state index contributed by atoms with van der Waals surface area (Å²) < 4.78 is 91.1. The summed E-state index contributed by atoms with van der Waals surface area (Å²) in [5.41, 5.74) is 0. The van der Waals surface area contributed by atoms with Crippen LogP contribution in [0.5, 0.6) is 0 Å². The second kappa shape index (κ2) is 2.63. The summed E-state index contributed by atoms with van der Waals surface area (Å²) in [4.78, 5) is 0. The van der Waals surface area contributed by atoms with E-state index in [9.17, 15) is 16.9 Å². The molecule has 0 aromatic rings. The predicted molar refractivity (Wildman–Crippen MR) is 26.6 cm³/mol. The third kappa shape index (κ3) is 12300. The molecule has 80 valence electrons. The molecule has 0 amide bonds. The predicted octanol–water partition coefficient (Wildman–Crippen LogP) is 1.49. The van der Waals surface area contributed by atoms with Crippen molar-refractivity contribution < 1.29 is 34.4 Å². The van der Waals surface area contributed by atoms with Gasteiger partial charge in [-0.1, -0.05) is 0 Å². The van der Waals surface area contributed by atoms with Crippen molar-refractivity contribution in [2.75, 3.05) is 0 Å². The normalized spacial score (nSPS) is 18.3. The SMILES string of the molecule is O=S(=O)(O)O.[F][Sb-]([F])([F])([F])([F])[F]. The molecule has 0 rings (SSSR count). The van der Waals surface area contributed by atoms with Gasteiger partial charge in [-0.15, -0.1) is 0 Å². The van der Waals surface area contributed by atoms with Crippen LogP contribution < -0.4 is 0 Å². The van der Waals surface area contributed by atoms with Crippen LogP contribution in [0.4, 0.5) is 16.9 Å². The van der Waals surface area contributed by atoms with Gasteiger partial charge < -0.3 is 0 Å². The van der Waals surface area contributed by atoms with Crippen molar-refractivity contribution in [2.45, 2.75) is 0 Å². The molecule has 0 saturated heterocycles. The Labute approximate surface area is 64.6 Å². The van der Waals surface area contributed by atoms with E-state index in [-0.39, 0.29) is 0 Å². The van der Waals surface area contributed by atoms with E-state index in [1.54, 1.807) is 0 Å². The van der Waals surface area contributed by atoms with Crippen molar-refractivity contribution in [1.82, 2.24) is 0 Å². The fraction of sp³-hybridized carbons (Fsp3) is 0. The summed E-state index contributed by atoms with van der Waals surface area (Å²) in [6.07, 6.45) is 0. The maximum atomic E-state index is 9.93. The van der Waals surface area contributed by atoms with Crippen LogP contribution in [-0.2, 0) is 10.4 Å². The van der Waals surface area contributed by atoms with Crippen LogP contribution in [0.25, 0.3) is 0 Å². The van der Waals surface area contributed by atoms with Gasteiger partial charge in [0.1, 0.15) is 0 Å². The van der Waals surface area contributed by atoms with Crippen molar-refractivity contribution in [3.63, 3.8) is 0 Å². The van der Waals surface area contributed by atoms with Gasteiger partial charge in [0.25, 0.3) is 0 Å². The number of rotatable bonds is 0. The second-order valence-corrected chi connectivity index (χ2v) is 7.77. The monoisotopic (exact) mass is 333 g/mol. The van der Waals surface area contributed by atoms with Crippen molar-refractivity contribution in [3.8, 4) is 0 Å². The van der Waals surface area contributed by atoms with Gasteiger partial charge in [0.15, 0.2) is 0 Å². The van der Waals surface area contributed by atoms with Crippen LogP contribution in [0.15, 0.2) is 0 Å². The molecule has 0 aromatic heterocycles. The molecule has 0 unspecified atom stereocenters. The van der Waals surface area contributed by atoms with E-state index >= 15 is 0 Å². The van der Waals surface area contributed by atoms with Crippen LogP contribution in [0, 0.1) is 0 Å². The van der Waals surface area contributed by atoms with E-state index in [1.165, 1.54) is 0 Å². The topological polar surface area (TPSA) is 74.6 Å². The van der Waals surface area contributed by atoms with Crippen LogP contribution in [0.1, 0.15) is 0 Å². The van der Waals surface area contributed by atoms with Crippen molar-refractivity contribution in [3.05, 3.63) is 0 Å². The van der Waals surface area contributed by atoms with E-state index in [1.807, 2.05) is 0 Å². The molecule has 0 aliphatic heterocycles. The molecule has 2 N–H and O–H groups in total. The van der Waals surface area contributed by atoms with Gasteiger partial charge in [-0.3, -0.25) is 9.11 Å². The summed E-state index contributed by atoms with van der Waals surface area (Å²) in [7, 11) is -4.67. The summed E-state index contributed by atoms with van der Waals surface area (Å²) in [6.45, 7) is 0. The molecular weight excluding hydrogens is 332 g/mol. The van der Waals surface area contributed by atoms with E-state index in [2.05, 4.69) is 0 Å². The first-order chi connectivity index (χ1) is 4.45. The third-order valence-corrected chi connectivity index (χ3v) is 0. The number of hydrogen-bond donors (Lipinski definition) is 2. The molecule has 0 saturated carbocycles. The molecule has 0 atom stereocenters. The quantitative estimate of drug-likeness (QED) is 0.400. The number of hydrogen-bond acceptors (Lipinski definition) is 2. The second-order valence-electron chi connectivity index (χ2n) is 1.41. The fourth-order valence-corrected chi connectivity index (χ4v) is 0. The van der Waals surface area contributed by atoms with E-state index in [0.717, 1.165) is 0 Å². The molecule has 0 aromatic carbocycles. The zero-order chi connectivity index (χ0) is 10.9. The molecule has 12 heavy (non-hydrogen) atoms. The molecule has 0 spiro atoms. The van der Waals surface area contributed by atoms with Crippen LogP contribution in [0.2, 0.25) is 0 Å². The Kier molecular flexibility index (Phi) is 3.23. The summed E-state index contributed by atoms with van der Waals surface area (Å²) in [5.74, 6) is 0. The van der Waals surface area contributed by atoms with Crippen LogP contribution in [-0.4, -0.2) is 37.0 Å². The first-order valence-corrected chi connectivity index (χ1v) is 8.90. The molecule has 0 aliphatic carbocycles. The Morgan fingerprint density at radius 3 is 0.833 bits per heavy atom. The van der Waals surface area contributed by atoms with Gasteiger partial charge >= 0.3 is 46.8 Å². The zero-order valence-corrected chi connectivity index (χ0v) is 8.20. The standard InChI is InChI=1S/6FH.H2O4S.Sb/c;;;;;;1-5(2,3)4;/h6*1H;(H2,1,2,3,4);/q;;;;;;;+5/p-6. The molecule has 4 nitrogen and oxygen atoms in total. The van der Waals surface area contributed by atoms with Crippen LogP contribution in [0.3, 0.4) is 0 Å². The van der Waals surface area contributed by atoms with Crippen molar-refractivity contribution >= 4 is 29.9 Å². The van der Waals surface area contributed by atoms with E-state index < -0.39 is 29.9 Å². The number of halogens is 6. The zero-order valence-electron chi connectivity index (χ0n) is 4.83. The fourth-order valence-electron chi connectivity index (χ4n) is 0. The summed E-state index contributed by atoms with van der Waals surface area (Å²) in [5, 5.41) is 0. The minimum absolute atomic E-state index is 4.67. The molecule has 0 fully saturated rings. The maximum absolute atomic E-state index is 11.2.